The first-order valence-corrected chi connectivity index (χ1v) is 11.7. The molecule has 2 aromatic rings. The standard InChI is InChI=1S/C24H31FN2O3S/c1-16(2)13-23(28)27(17(3)4)14-24(29)26-11-9-22-20(10-12-31-22)21(26)15-30-19-7-5-18(25)6-8-19/h5-8,10,12,16-17,21H,9,11,13-15H2,1-4H3/t21-/m1/s1. The van der Waals surface area contributed by atoms with Crippen molar-refractivity contribution in [2.24, 2.45) is 5.92 Å². The van der Waals surface area contributed by atoms with Gasteiger partial charge < -0.3 is 14.5 Å². The van der Waals surface area contributed by atoms with Crippen LogP contribution in [0.25, 0.3) is 0 Å². The van der Waals surface area contributed by atoms with Gasteiger partial charge in [0, 0.05) is 23.9 Å². The van der Waals surface area contributed by atoms with Crippen molar-refractivity contribution in [3.05, 3.63) is 52.0 Å². The maximum atomic E-state index is 13.3. The van der Waals surface area contributed by atoms with E-state index < -0.39 is 0 Å². The number of amides is 2. The lowest BCUT2D eigenvalue weighted by molar-refractivity contribution is -0.144. The molecule has 7 heteroatoms. The molecule has 1 aromatic carbocycles. The van der Waals surface area contributed by atoms with Crippen LogP contribution in [0.5, 0.6) is 5.75 Å². The van der Waals surface area contributed by atoms with Crippen molar-refractivity contribution < 1.29 is 18.7 Å². The van der Waals surface area contributed by atoms with Gasteiger partial charge in [0.05, 0.1) is 12.6 Å². The fourth-order valence-corrected chi connectivity index (χ4v) is 4.77. The van der Waals surface area contributed by atoms with E-state index in [4.69, 9.17) is 4.74 Å². The van der Waals surface area contributed by atoms with E-state index in [1.165, 1.54) is 17.0 Å². The van der Waals surface area contributed by atoms with Gasteiger partial charge in [-0.1, -0.05) is 13.8 Å². The highest BCUT2D eigenvalue weighted by Crippen LogP contribution is 2.34. The van der Waals surface area contributed by atoms with Crippen molar-refractivity contribution in [3.63, 3.8) is 0 Å². The number of fused-ring (bicyclic) bond motifs is 1. The van der Waals surface area contributed by atoms with Crippen LogP contribution in [0.15, 0.2) is 35.7 Å². The van der Waals surface area contributed by atoms with Crippen molar-refractivity contribution in [2.75, 3.05) is 19.7 Å². The third kappa shape index (κ3) is 5.85. The van der Waals surface area contributed by atoms with Gasteiger partial charge in [0.15, 0.2) is 0 Å². The van der Waals surface area contributed by atoms with Gasteiger partial charge in [-0.05, 0) is 67.5 Å². The Labute approximate surface area is 187 Å². The zero-order chi connectivity index (χ0) is 22.5. The van der Waals surface area contributed by atoms with Crippen molar-refractivity contribution in [1.82, 2.24) is 9.80 Å². The molecule has 1 aromatic heterocycles. The van der Waals surface area contributed by atoms with E-state index >= 15 is 0 Å². The Morgan fingerprint density at radius 1 is 1.19 bits per heavy atom. The third-order valence-electron chi connectivity index (χ3n) is 5.47. The SMILES string of the molecule is CC(C)CC(=O)N(CC(=O)N1CCc2sccc2[C@H]1COc1ccc(F)cc1)C(C)C. The smallest absolute Gasteiger partial charge is 0.242 e. The van der Waals surface area contributed by atoms with E-state index in [2.05, 4.69) is 0 Å². The predicted molar refractivity (Wildman–Crippen MR) is 121 cm³/mol. The summed E-state index contributed by atoms with van der Waals surface area (Å²) in [6.45, 7) is 8.82. The molecule has 0 spiro atoms. The molecule has 31 heavy (non-hydrogen) atoms. The summed E-state index contributed by atoms with van der Waals surface area (Å²) in [5.41, 5.74) is 1.09. The van der Waals surface area contributed by atoms with Crippen LogP contribution in [0.4, 0.5) is 4.39 Å². The van der Waals surface area contributed by atoms with Crippen molar-refractivity contribution in [2.45, 2.75) is 52.6 Å². The summed E-state index contributed by atoms with van der Waals surface area (Å²) in [5.74, 6) is 0.416. The zero-order valence-corrected chi connectivity index (χ0v) is 19.5. The first-order valence-electron chi connectivity index (χ1n) is 10.8. The second kappa shape index (κ2) is 10.3. The van der Waals surface area contributed by atoms with Crippen LogP contribution in [-0.4, -0.2) is 47.4 Å². The summed E-state index contributed by atoms with van der Waals surface area (Å²) in [6, 6.07) is 7.65. The molecule has 0 N–H and O–H groups in total. The summed E-state index contributed by atoms with van der Waals surface area (Å²) < 4.78 is 19.1. The lowest BCUT2D eigenvalue weighted by Gasteiger charge is -2.37. The molecule has 0 bridgehead atoms. The molecule has 0 unspecified atom stereocenters. The number of rotatable bonds is 8. The van der Waals surface area contributed by atoms with Gasteiger partial charge in [-0.3, -0.25) is 9.59 Å². The number of hydrogen-bond acceptors (Lipinski definition) is 4. The average molecular weight is 447 g/mol. The first kappa shape index (κ1) is 23.3. The quantitative estimate of drug-likeness (QED) is 0.592. The number of ether oxygens (including phenoxy) is 1. The minimum Gasteiger partial charge on any atom is -0.491 e. The van der Waals surface area contributed by atoms with E-state index in [9.17, 15) is 14.0 Å². The average Bonchev–Trinajstić information content (AvgIpc) is 3.19. The lowest BCUT2D eigenvalue weighted by atomic mass is 10.00. The minimum absolute atomic E-state index is 0.00527. The number of carbonyl (C=O) groups is 2. The number of nitrogens with zero attached hydrogens (tertiary/aromatic N) is 2. The molecule has 1 aliphatic rings. The number of thiophene rings is 1. The molecule has 1 aliphatic heterocycles. The van der Waals surface area contributed by atoms with Crippen LogP contribution >= 0.6 is 11.3 Å². The summed E-state index contributed by atoms with van der Waals surface area (Å²) in [5, 5.41) is 2.04. The van der Waals surface area contributed by atoms with Gasteiger partial charge in [-0.15, -0.1) is 11.3 Å². The van der Waals surface area contributed by atoms with Crippen LogP contribution in [0, 0.1) is 11.7 Å². The highest BCUT2D eigenvalue weighted by molar-refractivity contribution is 7.10. The van der Waals surface area contributed by atoms with Gasteiger partial charge in [0.1, 0.15) is 18.2 Å². The lowest BCUT2D eigenvalue weighted by Crippen LogP contribution is -2.49. The molecular weight excluding hydrogens is 415 g/mol. The molecule has 0 fully saturated rings. The maximum absolute atomic E-state index is 13.3. The Bertz CT molecular complexity index is 894. The fourth-order valence-electron chi connectivity index (χ4n) is 3.84. The summed E-state index contributed by atoms with van der Waals surface area (Å²) >= 11 is 1.69. The Hall–Kier alpha value is -2.41. The minimum atomic E-state index is -0.318. The van der Waals surface area contributed by atoms with Crippen molar-refractivity contribution >= 4 is 23.2 Å². The summed E-state index contributed by atoms with van der Waals surface area (Å²) in [7, 11) is 0. The van der Waals surface area contributed by atoms with Gasteiger partial charge in [0.25, 0.3) is 0 Å². The van der Waals surface area contributed by atoms with E-state index in [0.29, 0.717) is 18.7 Å². The molecule has 3 rings (SSSR count). The monoisotopic (exact) mass is 446 g/mol. The topological polar surface area (TPSA) is 49.9 Å². The van der Waals surface area contributed by atoms with Crippen LogP contribution in [-0.2, 0) is 16.0 Å². The Balaban J connectivity index is 1.76. The highest BCUT2D eigenvalue weighted by Gasteiger charge is 2.34. The summed E-state index contributed by atoms with van der Waals surface area (Å²) in [4.78, 5) is 30.8. The van der Waals surface area contributed by atoms with Crippen molar-refractivity contribution in [3.8, 4) is 5.75 Å². The first-order chi connectivity index (χ1) is 14.8. The molecule has 1 atom stereocenters. The Morgan fingerprint density at radius 2 is 1.90 bits per heavy atom. The van der Waals surface area contributed by atoms with Crippen LogP contribution in [0.1, 0.15) is 50.6 Å². The van der Waals surface area contributed by atoms with E-state index in [-0.39, 0.29) is 48.8 Å². The number of benzene rings is 1. The molecule has 0 saturated carbocycles. The molecule has 0 radical (unpaired) electrons. The Kier molecular flexibility index (Phi) is 7.70. The van der Waals surface area contributed by atoms with E-state index in [0.717, 1.165) is 12.0 Å². The van der Waals surface area contributed by atoms with Gasteiger partial charge in [0.2, 0.25) is 11.8 Å². The maximum Gasteiger partial charge on any atom is 0.242 e. The fraction of sp³-hybridized carbons (Fsp3) is 0.500. The second-order valence-corrected chi connectivity index (χ2v) is 9.63. The summed E-state index contributed by atoms with van der Waals surface area (Å²) in [6.07, 6.45) is 1.23. The van der Waals surface area contributed by atoms with Gasteiger partial charge in [-0.2, -0.15) is 0 Å². The van der Waals surface area contributed by atoms with Gasteiger partial charge >= 0.3 is 0 Å². The predicted octanol–water partition coefficient (Wildman–Crippen LogP) is 4.68. The number of hydrogen-bond donors (Lipinski definition) is 0. The third-order valence-corrected chi connectivity index (χ3v) is 6.47. The largest absolute Gasteiger partial charge is 0.491 e. The molecule has 0 saturated heterocycles. The molecule has 2 heterocycles. The van der Waals surface area contributed by atoms with Crippen molar-refractivity contribution in [1.29, 1.82) is 0 Å². The molecule has 0 aliphatic carbocycles. The van der Waals surface area contributed by atoms with Gasteiger partial charge in [-0.25, -0.2) is 4.39 Å². The van der Waals surface area contributed by atoms with E-state index in [1.54, 1.807) is 28.4 Å². The number of halogens is 1. The Morgan fingerprint density at radius 3 is 2.55 bits per heavy atom. The molecule has 2 amide bonds. The zero-order valence-electron chi connectivity index (χ0n) is 18.6. The molecular formula is C24H31FN2O3S. The normalized spacial score (nSPS) is 15.8. The molecule has 5 nitrogen and oxygen atoms in total. The highest BCUT2D eigenvalue weighted by atomic mass is 32.1. The van der Waals surface area contributed by atoms with Crippen LogP contribution in [0.3, 0.4) is 0 Å². The molecule has 168 valence electrons. The van der Waals surface area contributed by atoms with Crippen LogP contribution < -0.4 is 4.74 Å². The number of carbonyl (C=O) groups excluding carboxylic acids is 2. The van der Waals surface area contributed by atoms with Crippen LogP contribution in [0.2, 0.25) is 0 Å². The second-order valence-electron chi connectivity index (χ2n) is 8.63. The van der Waals surface area contributed by atoms with E-state index in [1.807, 2.05) is 44.0 Å².